The number of halogens is 1. The maximum absolute atomic E-state index is 3.61. The van der Waals surface area contributed by atoms with E-state index in [-0.39, 0.29) is 0 Å². The molecule has 1 heterocycles. The van der Waals surface area contributed by atoms with Crippen LogP contribution in [0.25, 0.3) is 0 Å². The highest BCUT2D eigenvalue weighted by Crippen LogP contribution is 2.37. The maximum atomic E-state index is 3.61. The molecule has 0 aliphatic rings. The van der Waals surface area contributed by atoms with Gasteiger partial charge >= 0.3 is 0 Å². The van der Waals surface area contributed by atoms with Crippen molar-refractivity contribution in [2.45, 2.75) is 47.1 Å². The Labute approximate surface area is 118 Å². The van der Waals surface area contributed by atoms with E-state index >= 15 is 0 Å². The molecule has 98 valence electrons. The molecule has 0 aliphatic carbocycles. The molecule has 1 N–H and O–H groups in total. The van der Waals surface area contributed by atoms with E-state index in [1.807, 2.05) is 11.3 Å². The van der Waals surface area contributed by atoms with Crippen LogP contribution < -0.4 is 5.32 Å². The first kappa shape index (κ1) is 15.2. The average Bonchev–Trinajstić information content (AvgIpc) is 2.53. The second kappa shape index (κ2) is 5.85. The second-order valence-corrected chi connectivity index (χ2v) is 8.35. The normalized spacial score (nSPS) is 15.9. The summed E-state index contributed by atoms with van der Waals surface area (Å²) in [5.74, 6) is 0.695. The average molecular weight is 318 g/mol. The first-order chi connectivity index (χ1) is 7.75. The molecule has 1 rings (SSSR count). The summed E-state index contributed by atoms with van der Waals surface area (Å²) in [6.45, 7) is 11.5. The zero-order chi connectivity index (χ0) is 13.2. The van der Waals surface area contributed by atoms with Crippen molar-refractivity contribution in [3.8, 4) is 0 Å². The molecular formula is C14H24BrNS. The van der Waals surface area contributed by atoms with Gasteiger partial charge in [-0.1, -0.05) is 27.7 Å². The standard InChI is InChI=1S/C14H24BrNS/c1-9-7-12(17-13(9)15)11(16-6)8-10(2)14(3,4)5/h7,10-11,16H,8H2,1-6H3. The minimum absolute atomic E-state index is 0.374. The largest absolute Gasteiger partial charge is 0.312 e. The summed E-state index contributed by atoms with van der Waals surface area (Å²) in [6.07, 6.45) is 1.19. The number of rotatable bonds is 4. The van der Waals surface area contributed by atoms with Gasteiger partial charge in [-0.15, -0.1) is 11.3 Å². The lowest BCUT2D eigenvalue weighted by Crippen LogP contribution is -2.24. The van der Waals surface area contributed by atoms with Gasteiger partial charge in [0.25, 0.3) is 0 Å². The SMILES string of the molecule is CNC(CC(C)C(C)(C)C)c1cc(C)c(Br)s1. The third kappa shape index (κ3) is 4.08. The summed E-state index contributed by atoms with van der Waals surface area (Å²) < 4.78 is 1.26. The molecule has 0 amide bonds. The third-order valence-corrected chi connectivity index (χ3v) is 5.89. The van der Waals surface area contributed by atoms with Gasteiger partial charge in [-0.05, 0) is 59.3 Å². The molecule has 1 nitrogen and oxygen atoms in total. The second-order valence-electron chi connectivity index (χ2n) is 5.95. The van der Waals surface area contributed by atoms with Crippen LogP contribution in [-0.2, 0) is 0 Å². The zero-order valence-corrected chi connectivity index (χ0v) is 14.1. The molecule has 0 bridgehead atoms. The molecule has 3 heteroatoms. The lowest BCUT2D eigenvalue weighted by molar-refractivity contribution is 0.227. The molecule has 1 aromatic heterocycles. The Morgan fingerprint density at radius 3 is 2.35 bits per heavy atom. The molecular weight excluding hydrogens is 294 g/mol. The summed E-state index contributed by atoms with van der Waals surface area (Å²) in [5.41, 5.74) is 1.72. The molecule has 2 atom stereocenters. The van der Waals surface area contributed by atoms with E-state index in [1.165, 1.54) is 20.6 Å². The predicted octanol–water partition coefficient (Wildman–Crippen LogP) is 5.15. The number of nitrogens with one attached hydrogen (secondary N) is 1. The molecule has 0 saturated carbocycles. The minimum atomic E-state index is 0.374. The highest BCUT2D eigenvalue weighted by atomic mass is 79.9. The quantitative estimate of drug-likeness (QED) is 0.809. The molecule has 0 spiro atoms. The Balaban J connectivity index is 2.79. The summed E-state index contributed by atoms with van der Waals surface area (Å²) >= 11 is 5.46. The van der Waals surface area contributed by atoms with Gasteiger partial charge in [0.2, 0.25) is 0 Å². The number of aryl methyl sites for hydroxylation is 1. The molecule has 0 fully saturated rings. The molecule has 0 radical (unpaired) electrons. The number of hydrogen-bond acceptors (Lipinski definition) is 2. The van der Waals surface area contributed by atoms with Crippen molar-refractivity contribution < 1.29 is 0 Å². The van der Waals surface area contributed by atoms with Gasteiger partial charge in [0, 0.05) is 10.9 Å². The van der Waals surface area contributed by atoms with Crippen LogP contribution in [0.3, 0.4) is 0 Å². The van der Waals surface area contributed by atoms with Gasteiger partial charge < -0.3 is 5.32 Å². The number of thiophene rings is 1. The molecule has 0 aliphatic heterocycles. The Hall–Kier alpha value is 0.140. The van der Waals surface area contributed by atoms with E-state index in [0.717, 1.165) is 0 Å². The van der Waals surface area contributed by atoms with E-state index in [0.29, 0.717) is 17.4 Å². The molecule has 1 aromatic rings. The maximum Gasteiger partial charge on any atom is 0.0731 e. The van der Waals surface area contributed by atoms with Crippen molar-refractivity contribution in [1.82, 2.24) is 5.32 Å². The fraction of sp³-hybridized carbons (Fsp3) is 0.714. The van der Waals surface area contributed by atoms with Crippen LogP contribution in [0.2, 0.25) is 0 Å². The van der Waals surface area contributed by atoms with Gasteiger partial charge in [-0.3, -0.25) is 0 Å². The monoisotopic (exact) mass is 317 g/mol. The van der Waals surface area contributed by atoms with E-state index in [1.54, 1.807) is 0 Å². The smallest absolute Gasteiger partial charge is 0.0731 e. The van der Waals surface area contributed by atoms with Gasteiger partial charge in [0.15, 0.2) is 0 Å². The zero-order valence-electron chi connectivity index (χ0n) is 11.7. The lowest BCUT2D eigenvalue weighted by atomic mass is 9.78. The predicted molar refractivity (Wildman–Crippen MR) is 81.8 cm³/mol. The fourth-order valence-corrected chi connectivity index (χ4v) is 3.43. The molecule has 2 unspecified atom stereocenters. The molecule has 0 aromatic carbocycles. The van der Waals surface area contributed by atoms with Crippen molar-refractivity contribution in [3.63, 3.8) is 0 Å². The summed E-state index contributed by atoms with van der Waals surface area (Å²) in [6, 6.07) is 2.77. The van der Waals surface area contributed by atoms with Crippen molar-refractivity contribution in [1.29, 1.82) is 0 Å². The Kier molecular flexibility index (Phi) is 5.23. The van der Waals surface area contributed by atoms with Crippen LogP contribution in [0, 0.1) is 18.3 Å². The van der Waals surface area contributed by atoms with E-state index in [2.05, 4.69) is 69.0 Å². The van der Waals surface area contributed by atoms with Gasteiger partial charge in [0.05, 0.1) is 3.79 Å². The van der Waals surface area contributed by atoms with Crippen LogP contribution in [0.1, 0.15) is 50.6 Å². The highest BCUT2D eigenvalue weighted by Gasteiger charge is 2.24. The topological polar surface area (TPSA) is 12.0 Å². The van der Waals surface area contributed by atoms with Crippen LogP contribution in [0.4, 0.5) is 0 Å². The minimum Gasteiger partial charge on any atom is -0.312 e. The van der Waals surface area contributed by atoms with Crippen LogP contribution in [-0.4, -0.2) is 7.05 Å². The number of hydrogen-bond donors (Lipinski definition) is 1. The van der Waals surface area contributed by atoms with E-state index in [9.17, 15) is 0 Å². The highest BCUT2D eigenvalue weighted by molar-refractivity contribution is 9.11. The lowest BCUT2D eigenvalue weighted by Gasteiger charge is -2.30. The first-order valence-electron chi connectivity index (χ1n) is 6.18. The van der Waals surface area contributed by atoms with Crippen LogP contribution in [0.5, 0.6) is 0 Å². The van der Waals surface area contributed by atoms with Gasteiger partial charge in [-0.25, -0.2) is 0 Å². The van der Waals surface area contributed by atoms with Crippen molar-refractivity contribution in [2.75, 3.05) is 7.05 Å². The van der Waals surface area contributed by atoms with Crippen molar-refractivity contribution in [2.24, 2.45) is 11.3 Å². The third-order valence-electron chi connectivity index (χ3n) is 3.64. The Morgan fingerprint density at radius 2 is 2.00 bits per heavy atom. The summed E-state index contributed by atoms with van der Waals surface area (Å²) in [7, 11) is 2.06. The summed E-state index contributed by atoms with van der Waals surface area (Å²) in [5, 5.41) is 3.45. The summed E-state index contributed by atoms with van der Waals surface area (Å²) in [4.78, 5) is 1.44. The molecule has 17 heavy (non-hydrogen) atoms. The van der Waals surface area contributed by atoms with Gasteiger partial charge in [0.1, 0.15) is 0 Å². The Morgan fingerprint density at radius 1 is 1.41 bits per heavy atom. The van der Waals surface area contributed by atoms with E-state index in [4.69, 9.17) is 0 Å². The fourth-order valence-electron chi connectivity index (χ4n) is 1.74. The molecule has 0 saturated heterocycles. The van der Waals surface area contributed by atoms with Crippen LogP contribution >= 0.6 is 27.3 Å². The van der Waals surface area contributed by atoms with E-state index < -0.39 is 0 Å². The van der Waals surface area contributed by atoms with Gasteiger partial charge in [-0.2, -0.15) is 0 Å². The van der Waals surface area contributed by atoms with Crippen molar-refractivity contribution >= 4 is 27.3 Å². The Bertz CT molecular complexity index is 345. The van der Waals surface area contributed by atoms with Crippen LogP contribution in [0.15, 0.2) is 9.85 Å². The van der Waals surface area contributed by atoms with Crippen molar-refractivity contribution in [3.05, 3.63) is 20.3 Å². The first-order valence-corrected chi connectivity index (χ1v) is 7.79.